The zero-order valence-corrected chi connectivity index (χ0v) is 16.0. The van der Waals surface area contributed by atoms with Gasteiger partial charge in [0.25, 0.3) is 0 Å². The Morgan fingerprint density at radius 1 is 1.41 bits per heavy atom. The molecule has 1 heterocycles. The van der Waals surface area contributed by atoms with Crippen LogP contribution in [0.25, 0.3) is 0 Å². The largest absolute Gasteiger partial charge is 0.510 e. The van der Waals surface area contributed by atoms with E-state index in [9.17, 15) is 9.18 Å². The monoisotopic (exact) mass is 403 g/mol. The molecule has 2 rings (SSSR count). The molecule has 1 N–H and O–H groups in total. The standard InChI is InChI=1S/C18H23ClFNO6/c1-12(14-6-7-16(20)15(19)9-14)21-26-8-4-3-5-13-10-24-18(2,25-11-13)27-17(22)23/h6-7,9,13H,3-5,8,10-11H2,1-2H3,(H,22,23). The Kier molecular flexibility index (Phi) is 7.82. The van der Waals surface area contributed by atoms with E-state index >= 15 is 0 Å². The summed E-state index contributed by atoms with van der Waals surface area (Å²) >= 11 is 5.75. The van der Waals surface area contributed by atoms with Gasteiger partial charge < -0.3 is 24.2 Å². The zero-order valence-electron chi connectivity index (χ0n) is 15.2. The molecule has 1 fully saturated rings. The lowest BCUT2D eigenvalue weighted by Gasteiger charge is -2.35. The van der Waals surface area contributed by atoms with Crippen LogP contribution in [0.2, 0.25) is 5.02 Å². The number of ether oxygens (including phenoxy) is 3. The maximum absolute atomic E-state index is 13.2. The van der Waals surface area contributed by atoms with Gasteiger partial charge >= 0.3 is 12.1 Å². The van der Waals surface area contributed by atoms with Crippen molar-refractivity contribution in [3.63, 3.8) is 0 Å². The van der Waals surface area contributed by atoms with Crippen molar-refractivity contribution >= 4 is 23.5 Å². The van der Waals surface area contributed by atoms with Crippen LogP contribution in [0, 0.1) is 11.7 Å². The average Bonchev–Trinajstić information content (AvgIpc) is 2.61. The molecule has 0 saturated carbocycles. The summed E-state index contributed by atoms with van der Waals surface area (Å²) in [4.78, 5) is 15.9. The summed E-state index contributed by atoms with van der Waals surface area (Å²) in [5.41, 5.74) is 1.31. The molecule has 9 heteroatoms. The van der Waals surface area contributed by atoms with Crippen LogP contribution in [-0.4, -0.2) is 42.8 Å². The van der Waals surface area contributed by atoms with Gasteiger partial charge in [-0.15, -0.1) is 0 Å². The lowest BCUT2D eigenvalue weighted by molar-refractivity contribution is -0.379. The number of benzene rings is 1. The fourth-order valence-corrected chi connectivity index (χ4v) is 2.71. The molecule has 0 aliphatic carbocycles. The van der Waals surface area contributed by atoms with E-state index in [0.29, 0.717) is 31.1 Å². The third-order valence-electron chi connectivity index (χ3n) is 4.07. The van der Waals surface area contributed by atoms with Crippen LogP contribution in [0.3, 0.4) is 0 Å². The van der Waals surface area contributed by atoms with Crippen LogP contribution in [0.1, 0.15) is 38.7 Å². The summed E-state index contributed by atoms with van der Waals surface area (Å²) in [5, 5.41) is 12.7. The van der Waals surface area contributed by atoms with Gasteiger partial charge in [0.2, 0.25) is 0 Å². The van der Waals surface area contributed by atoms with Crippen molar-refractivity contribution in [1.29, 1.82) is 0 Å². The van der Waals surface area contributed by atoms with Gasteiger partial charge in [-0.1, -0.05) is 22.8 Å². The lowest BCUT2D eigenvalue weighted by Crippen LogP contribution is -2.45. The molecule has 0 bridgehead atoms. The number of hydrogen-bond acceptors (Lipinski definition) is 6. The van der Waals surface area contributed by atoms with Crippen LogP contribution in [0.4, 0.5) is 9.18 Å². The molecule has 7 nitrogen and oxygen atoms in total. The first-order chi connectivity index (χ1) is 12.8. The molecule has 0 atom stereocenters. The number of halogens is 2. The zero-order chi connectivity index (χ0) is 19.9. The van der Waals surface area contributed by atoms with Crippen LogP contribution >= 0.6 is 11.6 Å². The maximum atomic E-state index is 13.2. The number of rotatable bonds is 8. The van der Waals surface area contributed by atoms with E-state index < -0.39 is 17.9 Å². The minimum atomic E-state index is -1.53. The van der Waals surface area contributed by atoms with Gasteiger partial charge in [-0.05, 0) is 38.3 Å². The van der Waals surface area contributed by atoms with E-state index in [0.717, 1.165) is 19.3 Å². The first kappa shape index (κ1) is 21.4. The summed E-state index contributed by atoms with van der Waals surface area (Å²) in [5.74, 6) is -1.83. The molecule has 0 unspecified atom stereocenters. The predicted molar refractivity (Wildman–Crippen MR) is 96.3 cm³/mol. The van der Waals surface area contributed by atoms with Crippen molar-refractivity contribution in [3.8, 4) is 0 Å². The molecule has 1 aliphatic rings. The van der Waals surface area contributed by atoms with E-state index in [4.69, 9.17) is 31.0 Å². The molecule has 1 saturated heterocycles. The maximum Gasteiger partial charge on any atom is 0.510 e. The first-order valence-corrected chi connectivity index (χ1v) is 8.99. The van der Waals surface area contributed by atoms with Gasteiger partial charge in [-0.3, -0.25) is 0 Å². The third-order valence-corrected chi connectivity index (χ3v) is 4.36. The second-order valence-corrected chi connectivity index (χ2v) is 6.76. The number of unbranched alkanes of at least 4 members (excludes halogenated alkanes) is 1. The molecule has 150 valence electrons. The van der Waals surface area contributed by atoms with Crippen molar-refractivity contribution in [2.75, 3.05) is 19.8 Å². The van der Waals surface area contributed by atoms with E-state index in [1.165, 1.54) is 19.1 Å². The van der Waals surface area contributed by atoms with Gasteiger partial charge in [-0.25, -0.2) is 9.18 Å². The number of carboxylic acid groups (broad SMARTS) is 1. The van der Waals surface area contributed by atoms with Crippen molar-refractivity contribution < 1.29 is 33.3 Å². The van der Waals surface area contributed by atoms with Gasteiger partial charge in [0, 0.05) is 18.4 Å². The normalized spacial score (nSPS) is 23.1. The van der Waals surface area contributed by atoms with E-state index in [1.54, 1.807) is 13.0 Å². The molecule has 1 aliphatic heterocycles. The molecule has 27 heavy (non-hydrogen) atoms. The SMILES string of the molecule is CC(=NOCCCCC1COC(C)(OC(=O)O)OC1)c1ccc(F)c(Cl)c1. The molecule has 1 aromatic carbocycles. The van der Waals surface area contributed by atoms with Gasteiger partial charge in [-0.2, -0.15) is 0 Å². The highest BCUT2D eigenvalue weighted by molar-refractivity contribution is 6.31. The topological polar surface area (TPSA) is 86.6 Å². The van der Waals surface area contributed by atoms with Gasteiger partial charge in [0.05, 0.1) is 23.9 Å². The second-order valence-electron chi connectivity index (χ2n) is 6.35. The highest BCUT2D eigenvalue weighted by atomic mass is 35.5. The average molecular weight is 404 g/mol. The molecule has 0 spiro atoms. The Bertz CT molecular complexity index is 676. The Morgan fingerprint density at radius 3 is 2.74 bits per heavy atom. The number of carbonyl (C=O) groups is 1. The van der Waals surface area contributed by atoms with Crippen molar-refractivity contribution in [2.45, 2.75) is 39.1 Å². The van der Waals surface area contributed by atoms with E-state index in [2.05, 4.69) is 9.89 Å². The number of hydrogen-bond donors (Lipinski definition) is 1. The molecule has 0 radical (unpaired) electrons. The van der Waals surface area contributed by atoms with Crippen molar-refractivity contribution in [3.05, 3.63) is 34.6 Å². The third kappa shape index (κ3) is 6.97. The van der Waals surface area contributed by atoms with Crippen LogP contribution < -0.4 is 0 Å². The minimum Gasteiger partial charge on any atom is -0.450 e. The number of oxime groups is 1. The Labute approximate surface area is 162 Å². The van der Waals surface area contributed by atoms with E-state index in [1.807, 2.05) is 0 Å². The van der Waals surface area contributed by atoms with E-state index in [-0.39, 0.29) is 10.9 Å². The molecular weight excluding hydrogens is 381 g/mol. The molecular formula is C18H23ClFNO6. The van der Waals surface area contributed by atoms with Gasteiger partial charge in [0.15, 0.2) is 0 Å². The lowest BCUT2D eigenvalue weighted by atomic mass is 10.0. The van der Waals surface area contributed by atoms with Crippen molar-refractivity contribution in [1.82, 2.24) is 0 Å². The van der Waals surface area contributed by atoms with Crippen molar-refractivity contribution in [2.24, 2.45) is 11.1 Å². The fraction of sp³-hybridized carbons (Fsp3) is 0.556. The fourth-order valence-electron chi connectivity index (χ4n) is 2.53. The number of nitrogens with zero attached hydrogens (tertiary/aromatic N) is 1. The summed E-state index contributed by atoms with van der Waals surface area (Å²) in [6.07, 6.45) is 1.08. The second kappa shape index (κ2) is 9.87. The van der Waals surface area contributed by atoms with Crippen LogP contribution in [0.15, 0.2) is 23.4 Å². The molecule has 1 aromatic rings. The summed E-state index contributed by atoms with van der Waals surface area (Å²) in [6, 6.07) is 4.38. The quantitative estimate of drug-likeness (QED) is 0.299. The van der Waals surface area contributed by atoms with Crippen LogP contribution in [0.5, 0.6) is 0 Å². The highest BCUT2D eigenvalue weighted by Gasteiger charge is 2.36. The predicted octanol–water partition coefficient (Wildman–Crippen LogP) is 4.42. The minimum absolute atomic E-state index is 0.0452. The Balaban J connectivity index is 1.62. The van der Waals surface area contributed by atoms with Gasteiger partial charge in [0.1, 0.15) is 12.4 Å². The summed E-state index contributed by atoms with van der Waals surface area (Å²) in [6.45, 7) is 4.37. The smallest absolute Gasteiger partial charge is 0.450 e. The molecule has 0 amide bonds. The molecule has 0 aromatic heterocycles. The summed E-state index contributed by atoms with van der Waals surface area (Å²) in [7, 11) is 0. The Morgan fingerprint density at radius 2 is 2.11 bits per heavy atom. The highest BCUT2D eigenvalue weighted by Crippen LogP contribution is 2.25. The summed E-state index contributed by atoms with van der Waals surface area (Å²) < 4.78 is 28.4. The first-order valence-electron chi connectivity index (χ1n) is 8.61. The Hall–Kier alpha value is -1.90. The van der Waals surface area contributed by atoms with Crippen LogP contribution in [-0.2, 0) is 19.0 Å².